The molecular weight excluding hydrogens is 253 g/mol. The summed E-state index contributed by atoms with van der Waals surface area (Å²) in [4.78, 5) is 0. The predicted molar refractivity (Wildman–Crippen MR) is 62.7 cm³/mol. The van der Waals surface area contributed by atoms with Crippen molar-refractivity contribution in [2.24, 2.45) is 5.73 Å². The second-order valence-corrected chi connectivity index (χ2v) is 6.39. The largest absolute Gasteiger partial charge is 0.324 e. The summed E-state index contributed by atoms with van der Waals surface area (Å²) >= 11 is 5.59. The highest BCUT2D eigenvalue weighted by Gasteiger charge is 2.14. The summed E-state index contributed by atoms with van der Waals surface area (Å²) < 4.78 is 35.3. The molecule has 0 radical (unpaired) electrons. The van der Waals surface area contributed by atoms with Gasteiger partial charge in [0.05, 0.1) is 5.75 Å². The van der Waals surface area contributed by atoms with E-state index < -0.39 is 21.7 Å². The molecule has 90 valence electrons. The molecule has 6 heteroatoms. The molecule has 0 aromatic heterocycles. The van der Waals surface area contributed by atoms with Crippen molar-refractivity contribution in [3.63, 3.8) is 0 Å². The Bertz CT molecular complexity index is 476. The van der Waals surface area contributed by atoms with Crippen LogP contribution in [0, 0.1) is 5.82 Å². The Hall–Kier alpha value is -0.650. The molecular formula is C10H13ClFNO2S. The molecule has 1 aromatic rings. The van der Waals surface area contributed by atoms with Crippen molar-refractivity contribution >= 4 is 21.4 Å². The van der Waals surface area contributed by atoms with Crippen molar-refractivity contribution < 1.29 is 12.8 Å². The number of benzene rings is 1. The Kier molecular flexibility index (Phi) is 4.29. The summed E-state index contributed by atoms with van der Waals surface area (Å²) in [5, 5.41) is 0.288. The third-order valence-electron chi connectivity index (χ3n) is 2.16. The Morgan fingerprint density at radius 2 is 2.12 bits per heavy atom. The van der Waals surface area contributed by atoms with E-state index in [1.165, 1.54) is 12.1 Å². The maximum Gasteiger partial charge on any atom is 0.147 e. The van der Waals surface area contributed by atoms with E-state index in [0.29, 0.717) is 0 Å². The van der Waals surface area contributed by atoms with Crippen LogP contribution in [0.2, 0.25) is 5.02 Å². The van der Waals surface area contributed by atoms with Crippen LogP contribution in [0.3, 0.4) is 0 Å². The fraction of sp³-hybridized carbons (Fsp3) is 0.400. The van der Waals surface area contributed by atoms with E-state index in [-0.39, 0.29) is 22.8 Å². The number of sulfone groups is 1. The first-order valence-electron chi connectivity index (χ1n) is 4.68. The molecule has 0 aliphatic carbocycles. The summed E-state index contributed by atoms with van der Waals surface area (Å²) in [7, 11) is -3.08. The Balaban J connectivity index is 2.77. The molecule has 0 spiro atoms. The molecule has 0 aliphatic heterocycles. The SMILES string of the molecule is CS(=O)(=O)CCC(N)c1ccc(Cl)cc1F. The van der Waals surface area contributed by atoms with Gasteiger partial charge in [-0.1, -0.05) is 17.7 Å². The molecule has 1 unspecified atom stereocenters. The lowest BCUT2D eigenvalue weighted by Crippen LogP contribution is -2.16. The molecule has 3 nitrogen and oxygen atoms in total. The first-order valence-corrected chi connectivity index (χ1v) is 7.11. The van der Waals surface area contributed by atoms with Crippen molar-refractivity contribution in [3.8, 4) is 0 Å². The zero-order valence-corrected chi connectivity index (χ0v) is 10.4. The van der Waals surface area contributed by atoms with Gasteiger partial charge >= 0.3 is 0 Å². The van der Waals surface area contributed by atoms with Gasteiger partial charge in [-0.3, -0.25) is 0 Å². The number of nitrogens with two attached hydrogens (primary N) is 1. The monoisotopic (exact) mass is 265 g/mol. The summed E-state index contributed by atoms with van der Waals surface area (Å²) in [5.74, 6) is -0.565. The van der Waals surface area contributed by atoms with Gasteiger partial charge in [-0.15, -0.1) is 0 Å². The van der Waals surface area contributed by atoms with Crippen LogP contribution in [-0.2, 0) is 9.84 Å². The molecule has 0 bridgehead atoms. The second-order valence-electron chi connectivity index (χ2n) is 3.69. The predicted octanol–water partition coefficient (Wildman–Crippen LogP) is 1.91. The lowest BCUT2D eigenvalue weighted by Gasteiger charge is -2.12. The van der Waals surface area contributed by atoms with Crippen LogP contribution >= 0.6 is 11.6 Å². The zero-order chi connectivity index (χ0) is 12.3. The van der Waals surface area contributed by atoms with Crippen LogP contribution in [0.25, 0.3) is 0 Å². The van der Waals surface area contributed by atoms with E-state index in [1.807, 2.05) is 0 Å². The molecule has 0 fully saturated rings. The zero-order valence-electron chi connectivity index (χ0n) is 8.78. The van der Waals surface area contributed by atoms with E-state index in [9.17, 15) is 12.8 Å². The van der Waals surface area contributed by atoms with Crippen molar-refractivity contribution in [1.82, 2.24) is 0 Å². The van der Waals surface area contributed by atoms with Crippen molar-refractivity contribution in [1.29, 1.82) is 0 Å². The number of hydrogen-bond donors (Lipinski definition) is 1. The van der Waals surface area contributed by atoms with Crippen molar-refractivity contribution in [3.05, 3.63) is 34.6 Å². The maximum atomic E-state index is 13.4. The third kappa shape index (κ3) is 4.08. The molecule has 1 aromatic carbocycles. The van der Waals surface area contributed by atoms with E-state index in [4.69, 9.17) is 17.3 Å². The minimum absolute atomic E-state index is 0.0593. The van der Waals surface area contributed by atoms with Crippen LogP contribution in [0.5, 0.6) is 0 Å². The highest BCUT2D eigenvalue weighted by Crippen LogP contribution is 2.21. The maximum absolute atomic E-state index is 13.4. The molecule has 0 saturated carbocycles. The molecule has 16 heavy (non-hydrogen) atoms. The topological polar surface area (TPSA) is 60.2 Å². The highest BCUT2D eigenvalue weighted by molar-refractivity contribution is 7.90. The molecule has 0 saturated heterocycles. The Morgan fingerprint density at radius 3 is 2.62 bits per heavy atom. The van der Waals surface area contributed by atoms with Gasteiger partial charge in [0, 0.05) is 22.9 Å². The summed E-state index contributed by atoms with van der Waals surface area (Å²) in [6.45, 7) is 0. The van der Waals surface area contributed by atoms with Gasteiger partial charge in [-0.05, 0) is 18.6 Å². The molecule has 2 N–H and O–H groups in total. The minimum Gasteiger partial charge on any atom is -0.324 e. The third-order valence-corrected chi connectivity index (χ3v) is 3.37. The number of rotatable bonds is 4. The van der Waals surface area contributed by atoms with Gasteiger partial charge in [0.2, 0.25) is 0 Å². The van der Waals surface area contributed by atoms with Gasteiger partial charge in [0.1, 0.15) is 15.7 Å². The standard InChI is InChI=1S/C10H13ClFNO2S/c1-16(14,15)5-4-10(13)8-3-2-7(11)6-9(8)12/h2-3,6,10H,4-5,13H2,1H3. The van der Waals surface area contributed by atoms with Crippen LogP contribution in [0.4, 0.5) is 4.39 Å². The fourth-order valence-electron chi connectivity index (χ4n) is 1.30. The molecule has 0 heterocycles. The lowest BCUT2D eigenvalue weighted by molar-refractivity contribution is 0.566. The van der Waals surface area contributed by atoms with Gasteiger partial charge in [0.15, 0.2) is 0 Å². The van der Waals surface area contributed by atoms with Crippen LogP contribution in [0.1, 0.15) is 18.0 Å². The summed E-state index contributed by atoms with van der Waals surface area (Å²) in [6, 6.07) is 3.54. The highest BCUT2D eigenvalue weighted by atomic mass is 35.5. The van der Waals surface area contributed by atoms with Gasteiger partial charge in [-0.25, -0.2) is 12.8 Å². The molecule has 1 rings (SSSR count). The first-order chi connectivity index (χ1) is 7.29. The molecule has 0 amide bonds. The smallest absolute Gasteiger partial charge is 0.147 e. The van der Waals surface area contributed by atoms with E-state index in [0.717, 1.165) is 12.3 Å². The minimum atomic E-state index is -3.08. The van der Waals surface area contributed by atoms with Crippen molar-refractivity contribution in [2.75, 3.05) is 12.0 Å². The molecule has 1 atom stereocenters. The van der Waals surface area contributed by atoms with Gasteiger partial charge < -0.3 is 5.73 Å². The Labute approximate surface area is 99.3 Å². The number of hydrogen-bond acceptors (Lipinski definition) is 3. The summed E-state index contributed by atoms with van der Waals surface area (Å²) in [5.41, 5.74) is 5.99. The first kappa shape index (κ1) is 13.4. The average Bonchev–Trinajstić information content (AvgIpc) is 2.13. The van der Waals surface area contributed by atoms with Crippen LogP contribution < -0.4 is 5.73 Å². The summed E-state index contributed by atoms with van der Waals surface area (Å²) in [6.07, 6.45) is 1.31. The van der Waals surface area contributed by atoms with E-state index >= 15 is 0 Å². The van der Waals surface area contributed by atoms with Crippen LogP contribution in [0.15, 0.2) is 18.2 Å². The van der Waals surface area contributed by atoms with Crippen molar-refractivity contribution in [2.45, 2.75) is 12.5 Å². The van der Waals surface area contributed by atoms with E-state index in [1.54, 1.807) is 0 Å². The fourth-order valence-corrected chi connectivity index (χ4v) is 2.14. The van der Waals surface area contributed by atoms with Crippen LogP contribution in [-0.4, -0.2) is 20.4 Å². The second kappa shape index (κ2) is 5.12. The lowest BCUT2D eigenvalue weighted by atomic mass is 10.1. The normalized spacial score (nSPS) is 13.8. The Morgan fingerprint density at radius 1 is 1.50 bits per heavy atom. The number of halogens is 2. The quantitative estimate of drug-likeness (QED) is 0.905. The van der Waals surface area contributed by atoms with Gasteiger partial charge in [-0.2, -0.15) is 0 Å². The average molecular weight is 266 g/mol. The molecule has 0 aliphatic rings. The van der Waals surface area contributed by atoms with Gasteiger partial charge in [0.25, 0.3) is 0 Å². The van der Waals surface area contributed by atoms with E-state index in [2.05, 4.69) is 0 Å².